The quantitative estimate of drug-likeness (QED) is 0.841. The Morgan fingerprint density at radius 1 is 1.33 bits per heavy atom. The van der Waals surface area contributed by atoms with Gasteiger partial charge in [0.1, 0.15) is 0 Å². The van der Waals surface area contributed by atoms with Crippen molar-refractivity contribution in [3.05, 3.63) is 33.7 Å². The lowest BCUT2D eigenvalue weighted by Gasteiger charge is -2.16. The number of carbonyl (C=O) groups excluding carboxylic acids is 2. The summed E-state index contributed by atoms with van der Waals surface area (Å²) in [5, 5.41) is 4.41. The molecular formula is C16H17ClN4O2S. The van der Waals surface area contributed by atoms with Gasteiger partial charge in [-0.05, 0) is 25.0 Å². The van der Waals surface area contributed by atoms with Crippen LogP contribution in [-0.4, -0.2) is 46.1 Å². The molecule has 2 aromatic heterocycles. The third-order valence-electron chi connectivity index (χ3n) is 4.58. The smallest absolute Gasteiger partial charge is 0.264 e. The molecule has 2 amide bonds. The van der Waals surface area contributed by atoms with E-state index in [-0.39, 0.29) is 17.9 Å². The summed E-state index contributed by atoms with van der Waals surface area (Å²) in [6, 6.07) is 3.67. The van der Waals surface area contributed by atoms with Crippen LogP contribution < -0.4 is 4.90 Å². The molecule has 126 valence electrons. The zero-order valence-corrected chi connectivity index (χ0v) is 14.6. The van der Waals surface area contributed by atoms with Gasteiger partial charge in [-0.25, -0.2) is 0 Å². The first-order valence-corrected chi connectivity index (χ1v) is 9.20. The second-order valence-corrected chi connectivity index (χ2v) is 7.84. The lowest BCUT2D eigenvalue weighted by molar-refractivity contribution is -0.117. The summed E-state index contributed by atoms with van der Waals surface area (Å²) in [4.78, 5) is 28.6. The Morgan fingerprint density at radius 2 is 2.21 bits per heavy atom. The molecule has 0 spiro atoms. The molecule has 2 fully saturated rings. The number of nitrogens with zero attached hydrogens (tertiary/aromatic N) is 4. The minimum absolute atomic E-state index is 0.0245. The monoisotopic (exact) mass is 364 g/mol. The number of halogens is 1. The largest absolute Gasteiger partial charge is 0.336 e. The number of carbonyl (C=O) groups is 2. The van der Waals surface area contributed by atoms with Gasteiger partial charge >= 0.3 is 0 Å². The lowest BCUT2D eigenvalue weighted by Crippen LogP contribution is -2.28. The van der Waals surface area contributed by atoms with Crippen LogP contribution in [0, 0.1) is 0 Å². The molecule has 0 N–H and O–H groups in total. The zero-order chi connectivity index (χ0) is 16.7. The maximum atomic E-state index is 12.5. The maximum absolute atomic E-state index is 12.5. The molecule has 0 radical (unpaired) electrons. The Kier molecular flexibility index (Phi) is 4.05. The first kappa shape index (κ1) is 15.7. The van der Waals surface area contributed by atoms with Gasteiger partial charge < -0.3 is 9.80 Å². The predicted molar refractivity (Wildman–Crippen MR) is 92.7 cm³/mol. The van der Waals surface area contributed by atoms with E-state index in [0.29, 0.717) is 28.7 Å². The molecule has 8 heteroatoms. The summed E-state index contributed by atoms with van der Waals surface area (Å²) in [5.74, 6) is 0.184. The highest BCUT2D eigenvalue weighted by molar-refractivity contribution is 7.17. The van der Waals surface area contributed by atoms with Gasteiger partial charge in [0.2, 0.25) is 5.91 Å². The average Bonchev–Trinajstić information content (AvgIpc) is 3.33. The van der Waals surface area contributed by atoms with E-state index in [9.17, 15) is 9.59 Å². The zero-order valence-electron chi connectivity index (χ0n) is 13.0. The summed E-state index contributed by atoms with van der Waals surface area (Å²) >= 11 is 7.22. The Morgan fingerprint density at radius 3 is 2.92 bits per heavy atom. The normalized spacial score (nSPS) is 21.0. The summed E-state index contributed by atoms with van der Waals surface area (Å²) in [6.45, 7) is 2.10. The van der Waals surface area contributed by atoms with Crippen LogP contribution in [0.3, 0.4) is 0 Å². The summed E-state index contributed by atoms with van der Waals surface area (Å²) in [7, 11) is 0. The van der Waals surface area contributed by atoms with Gasteiger partial charge in [0.05, 0.1) is 27.1 Å². The SMILES string of the molecule is O=C(c1ccc(Cl)s1)N1CCC(n2cc(N3CCCC3=O)cn2)C1. The van der Waals surface area contributed by atoms with Gasteiger partial charge in [0.15, 0.2) is 0 Å². The second-order valence-electron chi connectivity index (χ2n) is 6.12. The van der Waals surface area contributed by atoms with Gasteiger partial charge in [-0.1, -0.05) is 11.6 Å². The van der Waals surface area contributed by atoms with E-state index in [1.54, 1.807) is 23.2 Å². The Labute approximate surface area is 148 Å². The van der Waals surface area contributed by atoms with Gasteiger partial charge in [-0.2, -0.15) is 5.10 Å². The summed E-state index contributed by atoms with van der Waals surface area (Å²) < 4.78 is 2.51. The topological polar surface area (TPSA) is 58.4 Å². The number of likely N-dealkylation sites (tertiary alicyclic amines) is 1. The molecule has 1 atom stereocenters. The minimum Gasteiger partial charge on any atom is -0.336 e. The summed E-state index contributed by atoms with van der Waals surface area (Å²) in [5.41, 5.74) is 0.854. The third-order valence-corrected chi connectivity index (χ3v) is 5.80. The van der Waals surface area contributed by atoms with Crippen molar-refractivity contribution in [1.29, 1.82) is 0 Å². The van der Waals surface area contributed by atoms with Crippen molar-refractivity contribution < 1.29 is 9.59 Å². The van der Waals surface area contributed by atoms with Crippen LogP contribution >= 0.6 is 22.9 Å². The van der Waals surface area contributed by atoms with E-state index in [1.807, 2.05) is 15.8 Å². The van der Waals surface area contributed by atoms with E-state index in [2.05, 4.69) is 5.10 Å². The van der Waals surface area contributed by atoms with Crippen LogP contribution in [-0.2, 0) is 4.79 Å². The number of rotatable bonds is 3. The van der Waals surface area contributed by atoms with Crippen LogP contribution in [0.25, 0.3) is 0 Å². The van der Waals surface area contributed by atoms with Crippen molar-refractivity contribution in [3.63, 3.8) is 0 Å². The molecule has 6 nitrogen and oxygen atoms in total. The van der Waals surface area contributed by atoms with Crippen molar-refractivity contribution >= 4 is 40.4 Å². The molecule has 2 saturated heterocycles. The highest BCUT2D eigenvalue weighted by atomic mass is 35.5. The molecule has 0 bridgehead atoms. The van der Waals surface area contributed by atoms with E-state index < -0.39 is 0 Å². The van der Waals surface area contributed by atoms with Crippen molar-refractivity contribution in [1.82, 2.24) is 14.7 Å². The second kappa shape index (κ2) is 6.22. The Balaban J connectivity index is 1.44. The molecule has 2 aromatic rings. The fraction of sp³-hybridized carbons (Fsp3) is 0.438. The molecule has 0 aliphatic carbocycles. The molecule has 0 saturated carbocycles. The maximum Gasteiger partial charge on any atom is 0.264 e. The Hall–Kier alpha value is -1.86. The summed E-state index contributed by atoms with van der Waals surface area (Å²) in [6.07, 6.45) is 6.04. The van der Waals surface area contributed by atoms with Crippen LogP contribution in [0.4, 0.5) is 5.69 Å². The van der Waals surface area contributed by atoms with Crippen LogP contribution in [0.2, 0.25) is 4.34 Å². The van der Waals surface area contributed by atoms with E-state index in [0.717, 1.165) is 25.1 Å². The van der Waals surface area contributed by atoms with E-state index in [4.69, 9.17) is 11.6 Å². The Bertz CT molecular complexity index is 787. The van der Waals surface area contributed by atoms with E-state index >= 15 is 0 Å². The number of amides is 2. The van der Waals surface area contributed by atoms with Gasteiger partial charge in [-0.3, -0.25) is 14.3 Å². The first-order chi connectivity index (χ1) is 11.6. The van der Waals surface area contributed by atoms with Gasteiger partial charge in [-0.15, -0.1) is 11.3 Å². The molecule has 4 heterocycles. The van der Waals surface area contributed by atoms with Crippen LogP contribution in [0.5, 0.6) is 0 Å². The average molecular weight is 365 g/mol. The van der Waals surface area contributed by atoms with Crippen molar-refractivity contribution in [3.8, 4) is 0 Å². The molecular weight excluding hydrogens is 348 g/mol. The van der Waals surface area contributed by atoms with Crippen molar-refractivity contribution in [2.45, 2.75) is 25.3 Å². The molecule has 2 aliphatic heterocycles. The number of aromatic nitrogens is 2. The van der Waals surface area contributed by atoms with Crippen LogP contribution in [0.1, 0.15) is 35.0 Å². The number of hydrogen-bond donors (Lipinski definition) is 0. The molecule has 1 unspecified atom stereocenters. The molecule has 24 heavy (non-hydrogen) atoms. The fourth-order valence-corrected chi connectivity index (χ4v) is 4.33. The van der Waals surface area contributed by atoms with Crippen LogP contribution in [0.15, 0.2) is 24.5 Å². The van der Waals surface area contributed by atoms with Crippen molar-refractivity contribution in [2.24, 2.45) is 0 Å². The van der Waals surface area contributed by atoms with Crippen molar-refractivity contribution in [2.75, 3.05) is 24.5 Å². The fourth-order valence-electron chi connectivity index (χ4n) is 3.32. The lowest BCUT2D eigenvalue weighted by atomic mass is 10.3. The minimum atomic E-state index is 0.0245. The van der Waals surface area contributed by atoms with Gasteiger partial charge in [0, 0.05) is 32.3 Å². The molecule has 0 aromatic carbocycles. The highest BCUT2D eigenvalue weighted by Crippen LogP contribution is 2.28. The predicted octanol–water partition coefficient (Wildman–Crippen LogP) is 2.81. The third kappa shape index (κ3) is 2.82. The standard InChI is InChI=1S/C16H17ClN4O2S/c17-14-4-3-13(24-14)16(23)19-7-5-11(9-19)21-10-12(8-18-21)20-6-1-2-15(20)22/h3-4,8,10-11H,1-2,5-7,9H2. The molecule has 2 aliphatic rings. The number of anilines is 1. The number of thiophene rings is 1. The highest BCUT2D eigenvalue weighted by Gasteiger charge is 2.30. The number of hydrogen-bond acceptors (Lipinski definition) is 4. The molecule has 4 rings (SSSR count). The van der Waals surface area contributed by atoms with Gasteiger partial charge in [0.25, 0.3) is 5.91 Å². The first-order valence-electron chi connectivity index (χ1n) is 8.01. The van der Waals surface area contributed by atoms with E-state index in [1.165, 1.54) is 11.3 Å².